The SMILES string of the molecule is CCOc1ccc(C(=O)c2oc3ccccc3c2NC(=O)c2nc(C)sc2-c2ccccc2)cc1. The molecule has 0 radical (unpaired) electrons. The fraction of sp³-hybridized carbons (Fsp3) is 0.107. The smallest absolute Gasteiger partial charge is 0.275 e. The van der Waals surface area contributed by atoms with Crippen LogP contribution >= 0.6 is 11.3 Å². The number of nitrogens with zero attached hydrogens (tertiary/aromatic N) is 1. The van der Waals surface area contributed by atoms with Crippen LogP contribution in [0.4, 0.5) is 5.69 Å². The highest BCUT2D eigenvalue weighted by molar-refractivity contribution is 7.15. The molecule has 0 saturated carbocycles. The Morgan fingerprint density at radius 3 is 2.43 bits per heavy atom. The summed E-state index contributed by atoms with van der Waals surface area (Å²) in [5.74, 6) is 0.00392. The number of benzene rings is 3. The summed E-state index contributed by atoms with van der Waals surface area (Å²) in [5.41, 5.74) is 2.48. The van der Waals surface area contributed by atoms with Crippen molar-refractivity contribution in [1.82, 2.24) is 4.98 Å². The molecule has 0 unspecified atom stereocenters. The van der Waals surface area contributed by atoms with E-state index in [0.29, 0.717) is 40.3 Å². The van der Waals surface area contributed by atoms with E-state index in [1.54, 1.807) is 30.3 Å². The molecule has 3 aromatic carbocycles. The van der Waals surface area contributed by atoms with Gasteiger partial charge in [0.05, 0.1) is 22.2 Å². The predicted molar refractivity (Wildman–Crippen MR) is 137 cm³/mol. The molecule has 0 atom stereocenters. The van der Waals surface area contributed by atoms with Gasteiger partial charge in [-0.05, 0) is 55.8 Å². The van der Waals surface area contributed by atoms with Crippen molar-refractivity contribution in [3.8, 4) is 16.2 Å². The van der Waals surface area contributed by atoms with Crippen LogP contribution in [0.3, 0.4) is 0 Å². The van der Waals surface area contributed by atoms with Crippen LogP contribution in [0.25, 0.3) is 21.4 Å². The first-order chi connectivity index (χ1) is 17.0. The maximum atomic E-state index is 13.5. The Labute approximate surface area is 206 Å². The van der Waals surface area contributed by atoms with Crippen LogP contribution in [0.2, 0.25) is 0 Å². The highest BCUT2D eigenvalue weighted by atomic mass is 32.1. The predicted octanol–water partition coefficient (Wildman–Crippen LogP) is 6.75. The largest absolute Gasteiger partial charge is 0.494 e. The molecule has 0 aliphatic rings. The fourth-order valence-electron chi connectivity index (χ4n) is 3.87. The first-order valence-electron chi connectivity index (χ1n) is 11.2. The third-order valence-corrected chi connectivity index (χ3v) is 6.47. The van der Waals surface area contributed by atoms with E-state index in [1.807, 2.05) is 62.4 Å². The normalized spacial score (nSPS) is 10.9. The van der Waals surface area contributed by atoms with Gasteiger partial charge in [0.1, 0.15) is 17.0 Å². The Kier molecular flexibility index (Phi) is 6.16. The Morgan fingerprint density at radius 2 is 1.69 bits per heavy atom. The average molecular weight is 483 g/mol. The second-order valence-corrected chi connectivity index (χ2v) is 9.02. The van der Waals surface area contributed by atoms with Gasteiger partial charge < -0.3 is 14.5 Å². The number of hydrogen-bond acceptors (Lipinski definition) is 6. The maximum Gasteiger partial charge on any atom is 0.275 e. The summed E-state index contributed by atoms with van der Waals surface area (Å²) in [7, 11) is 0. The van der Waals surface area contributed by atoms with Gasteiger partial charge in [-0.1, -0.05) is 42.5 Å². The molecule has 1 amide bonds. The van der Waals surface area contributed by atoms with E-state index in [9.17, 15) is 9.59 Å². The summed E-state index contributed by atoms with van der Waals surface area (Å²) in [4.78, 5) is 32.1. The number of ketones is 1. The minimum Gasteiger partial charge on any atom is -0.494 e. The second-order valence-electron chi connectivity index (χ2n) is 7.82. The van der Waals surface area contributed by atoms with Crippen LogP contribution in [-0.2, 0) is 0 Å². The molecule has 1 N–H and O–H groups in total. The molecule has 5 rings (SSSR count). The number of fused-ring (bicyclic) bond motifs is 1. The number of rotatable bonds is 7. The third kappa shape index (κ3) is 4.46. The first-order valence-corrected chi connectivity index (χ1v) is 12.0. The molecule has 0 aliphatic heterocycles. The molecule has 0 saturated heterocycles. The number of nitrogens with one attached hydrogen (secondary N) is 1. The summed E-state index contributed by atoms with van der Waals surface area (Å²) in [6, 6.07) is 23.7. The average Bonchev–Trinajstić information content (AvgIpc) is 3.46. The van der Waals surface area contributed by atoms with Crippen LogP contribution in [0, 0.1) is 6.92 Å². The van der Waals surface area contributed by atoms with E-state index in [0.717, 1.165) is 15.4 Å². The quantitative estimate of drug-likeness (QED) is 0.260. The Hall–Kier alpha value is -4.23. The second kappa shape index (κ2) is 9.56. The Balaban J connectivity index is 1.54. The van der Waals surface area contributed by atoms with Crippen molar-refractivity contribution < 1.29 is 18.7 Å². The first kappa shape index (κ1) is 22.6. The van der Waals surface area contributed by atoms with Gasteiger partial charge in [-0.2, -0.15) is 0 Å². The molecule has 0 aliphatic carbocycles. The molecule has 0 bridgehead atoms. The number of amides is 1. The van der Waals surface area contributed by atoms with Gasteiger partial charge in [0.2, 0.25) is 5.78 Å². The molecule has 174 valence electrons. The zero-order chi connectivity index (χ0) is 24.4. The standard InChI is InChI=1S/C28H22N2O4S/c1-3-33-20-15-13-18(14-16-20)25(31)26-23(21-11-7-8-12-22(21)34-26)30-28(32)24-27(35-17(2)29-24)19-9-5-4-6-10-19/h4-16H,3H2,1-2H3,(H,30,32). The number of aryl methyl sites for hydroxylation is 1. The summed E-state index contributed by atoms with van der Waals surface area (Å²) in [6.07, 6.45) is 0. The van der Waals surface area contributed by atoms with Crippen LogP contribution < -0.4 is 10.1 Å². The van der Waals surface area contributed by atoms with Crippen molar-refractivity contribution in [2.24, 2.45) is 0 Å². The molecule has 2 aromatic heterocycles. The Morgan fingerprint density at radius 1 is 0.971 bits per heavy atom. The molecule has 0 spiro atoms. The lowest BCUT2D eigenvalue weighted by molar-refractivity contribution is 0.101. The van der Waals surface area contributed by atoms with E-state index in [2.05, 4.69) is 10.3 Å². The number of aromatic nitrogens is 1. The lowest BCUT2D eigenvalue weighted by Gasteiger charge is -2.07. The van der Waals surface area contributed by atoms with Crippen LogP contribution in [0.5, 0.6) is 5.75 Å². The van der Waals surface area contributed by atoms with E-state index in [1.165, 1.54) is 11.3 Å². The lowest BCUT2D eigenvalue weighted by Crippen LogP contribution is -2.15. The molecular formula is C28H22N2O4S. The number of ether oxygens (including phenoxy) is 1. The molecule has 7 heteroatoms. The number of carbonyl (C=O) groups is 2. The number of hydrogen-bond donors (Lipinski definition) is 1. The van der Waals surface area contributed by atoms with Crippen LogP contribution in [-0.4, -0.2) is 23.3 Å². The highest BCUT2D eigenvalue weighted by Gasteiger charge is 2.26. The van der Waals surface area contributed by atoms with E-state index in [-0.39, 0.29) is 11.5 Å². The van der Waals surface area contributed by atoms with Crippen molar-refractivity contribution in [3.63, 3.8) is 0 Å². The van der Waals surface area contributed by atoms with Crippen molar-refractivity contribution in [3.05, 3.63) is 101 Å². The maximum absolute atomic E-state index is 13.5. The van der Waals surface area contributed by atoms with Crippen molar-refractivity contribution in [2.45, 2.75) is 13.8 Å². The van der Waals surface area contributed by atoms with Crippen molar-refractivity contribution in [2.75, 3.05) is 11.9 Å². The fourth-order valence-corrected chi connectivity index (χ4v) is 4.79. The van der Waals surface area contributed by atoms with Crippen molar-refractivity contribution in [1.29, 1.82) is 0 Å². The molecule has 2 heterocycles. The van der Waals surface area contributed by atoms with Crippen LogP contribution in [0.1, 0.15) is 38.5 Å². The molecule has 0 fully saturated rings. The van der Waals surface area contributed by atoms with Gasteiger partial charge in [0.15, 0.2) is 5.76 Å². The van der Waals surface area contributed by atoms with E-state index in [4.69, 9.17) is 9.15 Å². The van der Waals surface area contributed by atoms with Gasteiger partial charge in [-0.25, -0.2) is 4.98 Å². The molecule has 6 nitrogen and oxygen atoms in total. The van der Waals surface area contributed by atoms with E-state index < -0.39 is 5.91 Å². The number of anilines is 1. The monoisotopic (exact) mass is 482 g/mol. The third-order valence-electron chi connectivity index (χ3n) is 5.45. The number of thiazole rings is 1. The van der Waals surface area contributed by atoms with Crippen LogP contribution in [0.15, 0.2) is 83.3 Å². The molecular weight excluding hydrogens is 460 g/mol. The van der Waals surface area contributed by atoms with Gasteiger partial charge in [-0.3, -0.25) is 9.59 Å². The van der Waals surface area contributed by atoms with Gasteiger partial charge in [0, 0.05) is 10.9 Å². The van der Waals surface area contributed by atoms with E-state index >= 15 is 0 Å². The number of carbonyl (C=O) groups excluding carboxylic acids is 2. The van der Waals surface area contributed by atoms with Gasteiger partial charge in [-0.15, -0.1) is 11.3 Å². The number of para-hydroxylation sites is 1. The zero-order valence-electron chi connectivity index (χ0n) is 19.2. The minimum atomic E-state index is -0.402. The lowest BCUT2D eigenvalue weighted by atomic mass is 10.1. The topological polar surface area (TPSA) is 81.4 Å². The zero-order valence-corrected chi connectivity index (χ0v) is 20.0. The summed E-state index contributed by atoms with van der Waals surface area (Å²) >= 11 is 1.45. The van der Waals surface area contributed by atoms with Gasteiger partial charge >= 0.3 is 0 Å². The number of furan rings is 1. The summed E-state index contributed by atoms with van der Waals surface area (Å²) in [6.45, 7) is 4.30. The van der Waals surface area contributed by atoms with Crippen molar-refractivity contribution >= 4 is 39.7 Å². The minimum absolute atomic E-state index is 0.0666. The molecule has 5 aromatic rings. The highest BCUT2D eigenvalue weighted by Crippen LogP contribution is 2.35. The summed E-state index contributed by atoms with van der Waals surface area (Å²) < 4.78 is 11.4. The summed E-state index contributed by atoms with van der Waals surface area (Å²) in [5, 5.41) is 4.34. The van der Waals surface area contributed by atoms with Gasteiger partial charge in [0.25, 0.3) is 5.91 Å². The molecule has 35 heavy (non-hydrogen) atoms. The Bertz CT molecular complexity index is 1520.